The topological polar surface area (TPSA) is 67.9 Å². The summed E-state index contributed by atoms with van der Waals surface area (Å²) in [5.74, 6) is 0.775. The first-order valence-corrected chi connectivity index (χ1v) is 13.1. The fourth-order valence-corrected chi connectivity index (χ4v) is 4.26. The van der Waals surface area contributed by atoms with Crippen LogP contribution in [0.15, 0.2) is 109 Å². The molecule has 1 N–H and O–H groups in total. The Morgan fingerprint density at radius 3 is 2.03 bits per heavy atom. The van der Waals surface area contributed by atoms with Gasteiger partial charge in [-0.05, 0) is 53.1 Å². The number of benzene rings is 4. The molecular formula is C32H31ClN2O4. The second-order valence-electron chi connectivity index (χ2n) is 9.02. The summed E-state index contributed by atoms with van der Waals surface area (Å²) in [5.41, 5.74) is 2.72. The number of methoxy groups -OCH3 is 1. The minimum Gasteiger partial charge on any atom is -0.497 e. The van der Waals surface area contributed by atoms with Gasteiger partial charge in [-0.3, -0.25) is 9.59 Å². The summed E-state index contributed by atoms with van der Waals surface area (Å²) < 4.78 is 11.0. The van der Waals surface area contributed by atoms with E-state index < -0.39 is 6.04 Å². The first kappa shape index (κ1) is 27.7. The Bertz CT molecular complexity index is 1330. The molecule has 0 fully saturated rings. The summed E-state index contributed by atoms with van der Waals surface area (Å²) in [7, 11) is 1.61. The van der Waals surface area contributed by atoms with Crippen molar-refractivity contribution in [1.29, 1.82) is 0 Å². The molecule has 1 unspecified atom stereocenters. The molecule has 39 heavy (non-hydrogen) atoms. The summed E-state index contributed by atoms with van der Waals surface area (Å²) in [6.07, 6.45) is 0.347. The fourth-order valence-electron chi connectivity index (χ4n) is 4.14. The van der Waals surface area contributed by atoms with Crippen molar-refractivity contribution in [2.75, 3.05) is 13.7 Å². The zero-order chi connectivity index (χ0) is 27.5. The summed E-state index contributed by atoms with van der Waals surface area (Å²) in [4.78, 5) is 29.0. The van der Waals surface area contributed by atoms with Gasteiger partial charge >= 0.3 is 0 Å². The Balaban J connectivity index is 1.59. The number of para-hydroxylation sites is 1. The van der Waals surface area contributed by atoms with Crippen molar-refractivity contribution < 1.29 is 19.1 Å². The second-order valence-corrected chi connectivity index (χ2v) is 9.46. The molecule has 0 spiro atoms. The Hall–Kier alpha value is -4.29. The highest BCUT2D eigenvalue weighted by Gasteiger charge is 2.30. The molecule has 0 aromatic heterocycles. The smallest absolute Gasteiger partial charge is 0.261 e. The van der Waals surface area contributed by atoms with E-state index in [1.54, 1.807) is 36.3 Å². The monoisotopic (exact) mass is 542 g/mol. The Morgan fingerprint density at radius 2 is 1.38 bits per heavy atom. The first-order chi connectivity index (χ1) is 19.0. The number of hydrogen-bond acceptors (Lipinski definition) is 4. The predicted molar refractivity (Wildman–Crippen MR) is 153 cm³/mol. The predicted octanol–water partition coefficient (Wildman–Crippen LogP) is 5.68. The van der Waals surface area contributed by atoms with E-state index in [2.05, 4.69) is 5.32 Å². The number of halogens is 1. The number of nitrogens with one attached hydrogen (secondary N) is 1. The number of amides is 2. The van der Waals surface area contributed by atoms with Gasteiger partial charge in [0.05, 0.1) is 7.11 Å². The molecule has 4 aromatic carbocycles. The van der Waals surface area contributed by atoms with Crippen molar-refractivity contribution in [3.8, 4) is 11.5 Å². The summed E-state index contributed by atoms with van der Waals surface area (Å²) in [6, 6.07) is 32.8. The van der Waals surface area contributed by atoms with Gasteiger partial charge in [-0.2, -0.15) is 0 Å². The zero-order valence-electron chi connectivity index (χ0n) is 21.8. The summed E-state index contributed by atoms with van der Waals surface area (Å²) in [6.45, 7) is 0.341. The van der Waals surface area contributed by atoms with Crippen LogP contribution < -0.4 is 14.8 Å². The van der Waals surface area contributed by atoms with Crippen molar-refractivity contribution in [3.05, 3.63) is 131 Å². The van der Waals surface area contributed by atoms with Crippen LogP contribution in [0.4, 0.5) is 0 Å². The molecule has 200 valence electrons. The number of carbonyl (C=O) groups is 2. The van der Waals surface area contributed by atoms with Gasteiger partial charge < -0.3 is 19.7 Å². The van der Waals surface area contributed by atoms with Gasteiger partial charge in [0.25, 0.3) is 5.91 Å². The van der Waals surface area contributed by atoms with Crippen LogP contribution in [0.5, 0.6) is 11.5 Å². The Morgan fingerprint density at radius 1 is 0.769 bits per heavy atom. The van der Waals surface area contributed by atoms with Crippen LogP contribution in [0, 0.1) is 0 Å². The maximum Gasteiger partial charge on any atom is 0.261 e. The molecular weight excluding hydrogens is 512 g/mol. The molecule has 0 saturated carbocycles. The van der Waals surface area contributed by atoms with E-state index in [4.69, 9.17) is 21.1 Å². The second kappa shape index (κ2) is 14.0. The number of ether oxygens (including phenoxy) is 2. The SMILES string of the molecule is COc1ccc(CNC(=O)C(Cc2ccccc2)N(Cc2ccc(Cl)cc2)C(=O)COc2ccccc2)cc1. The normalized spacial score (nSPS) is 11.3. The van der Waals surface area contributed by atoms with Gasteiger partial charge in [0.2, 0.25) is 5.91 Å². The van der Waals surface area contributed by atoms with Crippen LogP contribution in [0.3, 0.4) is 0 Å². The van der Waals surface area contributed by atoms with Crippen molar-refractivity contribution in [2.24, 2.45) is 0 Å². The van der Waals surface area contributed by atoms with Crippen LogP contribution >= 0.6 is 11.6 Å². The van der Waals surface area contributed by atoms with Crippen LogP contribution in [0.25, 0.3) is 0 Å². The standard InChI is InChI=1S/C32H31ClN2O4/c1-38-28-18-14-25(15-19-28)21-34-32(37)30(20-24-8-4-2-5-9-24)35(22-26-12-16-27(33)17-13-26)31(36)23-39-29-10-6-3-7-11-29/h2-19,30H,20-23H2,1H3,(H,34,37). The maximum atomic E-state index is 13.7. The van der Waals surface area contributed by atoms with Crippen molar-refractivity contribution in [1.82, 2.24) is 10.2 Å². The molecule has 7 heteroatoms. The number of nitrogens with zero attached hydrogens (tertiary/aromatic N) is 1. The van der Waals surface area contributed by atoms with Crippen molar-refractivity contribution in [2.45, 2.75) is 25.6 Å². The van der Waals surface area contributed by atoms with E-state index in [0.29, 0.717) is 23.7 Å². The largest absolute Gasteiger partial charge is 0.497 e. The van der Waals surface area contributed by atoms with Gasteiger partial charge in [0.1, 0.15) is 17.5 Å². The molecule has 0 bridgehead atoms. The molecule has 0 aliphatic carbocycles. The highest BCUT2D eigenvalue weighted by atomic mass is 35.5. The third-order valence-corrected chi connectivity index (χ3v) is 6.52. The maximum absolute atomic E-state index is 13.7. The van der Waals surface area contributed by atoms with E-state index in [-0.39, 0.29) is 25.0 Å². The van der Waals surface area contributed by atoms with E-state index in [1.807, 2.05) is 84.9 Å². The molecule has 0 radical (unpaired) electrons. The van der Waals surface area contributed by atoms with Gasteiger partial charge in [0, 0.05) is 24.5 Å². The van der Waals surface area contributed by atoms with E-state index >= 15 is 0 Å². The lowest BCUT2D eigenvalue weighted by atomic mass is 10.0. The summed E-state index contributed by atoms with van der Waals surface area (Å²) >= 11 is 6.09. The van der Waals surface area contributed by atoms with Crippen LogP contribution in [0.1, 0.15) is 16.7 Å². The number of hydrogen-bond donors (Lipinski definition) is 1. The lowest BCUT2D eigenvalue weighted by Crippen LogP contribution is -2.51. The summed E-state index contributed by atoms with van der Waals surface area (Å²) in [5, 5.41) is 3.62. The Kier molecular flexibility index (Phi) is 9.98. The quantitative estimate of drug-likeness (QED) is 0.250. The number of rotatable bonds is 12. The molecule has 0 saturated heterocycles. The zero-order valence-corrected chi connectivity index (χ0v) is 22.5. The fraction of sp³-hybridized carbons (Fsp3) is 0.188. The molecule has 4 rings (SSSR count). The first-order valence-electron chi connectivity index (χ1n) is 12.7. The van der Waals surface area contributed by atoms with E-state index in [9.17, 15) is 9.59 Å². The van der Waals surface area contributed by atoms with E-state index in [1.165, 1.54) is 0 Å². The third kappa shape index (κ3) is 8.35. The molecule has 0 heterocycles. The van der Waals surface area contributed by atoms with Crippen molar-refractivity contribution in [3.63, 3.8) is 0 Å². The molecule has 4 aromatic rings. The van der Waals surface area contributed by atoms with Crippen molar-refractivity contribution >= 4 is 23.4 Å². The van der Waals surface area contributed by atoms with Crippen LogP contribution in [-0.2, 0) is 29.1 Å². The van der Waals surface area contributed by atoms with Crippen LogP contribution in [-0.4, -0.2) is 36.5 Å². The van der Waals surface area contributed by atoms with Gasteiger partial charge in [-0.15, -0.1) is 0 Å². The molecule has 2 amide bonds. The van der Waals surface area contributed by atoms with Gasteiger partial charge in [-0.1, -0.05) is 84.4 Å². The molecule has 1 atom stereocenters. The lowest BCUT2D eigenvalue weighted by Gasteiger charge is -2.31. The minimum absolute atomic E-state index is 0.200. The van der Waals surface area contributed by atoms with E-state index in [0.717, 1.165) is 22.4 Å². The van der Waals surface area contributed by atoms with Crippen LogP contribution in [0.2, 0.25) is 5.02 Å². The highest BCUT2D eigenvalue weighted by molar-refractivity contribution is 6.30. The third-order valence-electron chi connectivity index (χ3n) is 6.27. The Labute approximate surface area is 234 Å². The molecule has 6 nitrogen and oxygen atoms in total. The number of carbonyl (C=O) groups excluding carboxylic acids is 2. The molecule has 0 aliphatic rings. The van der Waals surface area contributed by atoms with Gasteiger partial charge in [0.15, 0.2) is 6.61 Å². The average Bonchev–Trinajstić information content (AvgIpc) is 2.98. The van der Waals surface area contributed by atoms with Gasteiger partial charge in [-0.25, -0.2) is 0 Å². The lowest BCUT2D eigenvalue weighted by molar-refractivity contribution is -0.142. The highest BCUT2D eigenvalue weighted by Crippen LogP contribution is 2.18. The minimum atomic E-state index is -0.770. The average molecular weight is 543 g/mol. The molecule has 0 aliphatic heterocycles.